The van der Waals surface area contributed by atoms with Crippen LogP contribution in [0.4, 0.5) is 0 Å². The molecule has 1 N–H and O–H groups in total. The van der Waals surface area contributed by atoms with Crippen molar-refractivity contribution in [3.63, 3.8) is 0 Å². The lowest BCUT2D eigenvalue weighted by molar-refractivity contribution is 0.264. The molecule has 0 bridgehead atoms. The van der Waals surface area contributed by atoms with Gasteiger partial charge in [0, 0.05) is 26.2 Å². The van der Waals surface area contributed by atoms with Crippen molar-refractivity contribution in [3.8, 4) is 0 Å². The summed E-state index contributed by atoms with van der Waals surface area (Å²) in [7, 11) is 0. The summed E-state index contributed by atoms with van der Waals surface area (Å²) in [5.41, 5.74) is 0. The molecule has 1 saturated heterocycles. The van der Waals surface area contributed by atoms with Gasteiger partial charge in [-0.3, -0.25) is 0 Å². The standard InChI is InChI=1S/C6H13N2/c1-2-8-5-3-7-4-6-8/h7H,1-6H2. The van der Waals surface area contributed by atoms with E-state index in [2.05, 4.69) is 17.1 Å². The van der Waals surface area contributed by atoms with Crippen LogP contribution in [0.1, 0.15) is 0 Å². The van der Waals surface area contributed by atoms with Crippen LogP contribution >= 0.6 is 0 Å². The van der Waals surface area contributed by atoms with Crippen molar-refractivity contribution >= 4 is 0 Å². The van der Waals surface area contributed by atoms with E-state index in [0.717, 1.165) is 19.6 Å². The molecular weight excluding hydrogens is 100 g/mol. The van der Waals surface area contributed by atoms with Gasteiger partial charge in [0.15, 0.2) is 0 Å². The van der Waals surface area contributed by atoms with Crippen molar-refractivity contribution in [2.75, 3.05) is 32.7 Å². The molecule has 47 valence electrons. The second-order valence-electron chi connectivity index (χ2n) is 2.09. The fourth-order valence-corrected chi connectivity index (χ4v) is 0.935. The van der Waals surface area contributed by atoms with Gasteiger partial charge in [0.2, 0.25) is 0 Å². The highest BCUT2D eigenvalue weighted by Gasteiger charge is 2.04. The summed E-state index contributed by atoms with van der Waals surface area (Å²) >= 11 is 0. The molecule has 1 heterocycles. The summed E-state index contributed by atoms with van der Waals surface area (Å²) in [6.07, 6.45) is 0. The van der Waals surface area contributed by atoms with Gasteiger partial charge in [-0.15, -0.1) is 0 Å². The lowest BCUT2D eigenvalue weighted by Crippen LogP contribution is -2.43. The SMILES string of the molecule is [CH2]CN1CCNCC1. The number of rotatable bonds is 1. The van der Waals surface area contributed by atoms with Gasteiger partial charge >= 0.3 is 0 Å². The third-order valence-corrected chi connectivity index (χ3v) is 1.53. The molecule has 0 aliphatic carbocycles. The number of hydrogen-bond donors (Lipinski definition) is 1. The predicted molar refractivity (Wildman–Crippen MR) is 34.7 cm³/mol. The van der Waals surface area contributed by atoms with E-state index in [1.165, 1.54) is 13.1 Å². The van der Waals surface area contributed by atoms with Crippen LogP contribution in [0.25, 0.3) is 0 Å². The highest BCUT2D eigenvalue weighted by molar-refractivity contribution is 4.67. The molecule has 1 fully saturated rings. The Morgan fingerprint density at radius 3 is 2.38 bits per heavy atom. The van der Waals surface area contributed by atoms with Crippen molar-refractivity contribution in [2.45, 2.75) is 0 Å². The van der Waals surface area contributed by atoms with Crippen molar-refractivity contribution in [1.82, 2.24) is 10.2 Å². The van der Waals surface area contributed by atoms with Crippen molar-refractivity contribution in [2.24, 2.45) is 0 Å². The van der Waals surface area contributed by atoms with E-state index in [0.29, 0.717) is 0 Å². The second-order valence-corrected chi connectivity index (χ2v) is 2.09. The smallest absolute Gasteiger partial charge is 0.0107 e. The average Bonchev–Trinajstić information content (AvgIpc) is 1.90. The molecule has 0 unspecified atom stereocenters. The highest BCUT2D eigenvalue weighted by atomic mass is 15.2. The zero-order valence-electron chi connectivity index (χ0n) is 5.19. The van der Waals surface area contributed by atoms with Crippen LogP contribution in [0, 0.1) is 6.92 Å². The number of hydrogen-bond acceptors (Lipinski definition) is 2. The van der Waals surface area contributed by atoms with E-state index in [4.69, 9.17) is 0 Å². The zero-order chi connectivity index (χ0) is 5.82. The van der Waals surface area contributed by atoms with Gasteiger partial charge in [-0.1, -0.05) is 0 Å². The van der Waals surface area contributed by atoms with Gasteiger partial charge in [-0.25, -0.2) is 0 Å². The fraction of sp³-hybridized carbons (Fsp3) is 0.833. The first-order valence-electron chi connectivity index (χ1n) is 3.16. The lowest BCUT2D eigenvalue weighted by atomic mass is 10.4. The molecule has 0 aromatic heterocycles. The van der Waals surface area contributed by atoms with Crippen LogP contribution in [-0.2, 0) is 0 Å². The Kier molecular flexibility index (Phi) is 2.30. The molecule has 0 spiro atoms. The Balaban J connectivity index is 2.13. The Morgan fingerprint density at radius 2 is 2.00 bits per heavy atom. The summed E-state index contributed by atoms with van der Waals surface area (Å²) < 4.78 is 0. The summed E-state index contributed by atoms with van der Waals surface area (Å²) in [4.78, 5) is 2.34. The largest absolute Gasteiger partial charge is 0.314 e. The van der Waals surface area contributed by atoms with E-state index in [-0.39, 0.29) is 0 Å². The van der Waals surface area contributed by atoms with E-state index in [1.807, 2.05) is 0 Å². The average molecular weight is 113 g/mol. The number of nitrogens with one attached hydrogen (secondary N) is 1. The molecule has 0 aromatic rings. The molecule has 8 heavy (non-hydrogen) atoms. The van der Waals surface area contributed by atoms with Crippen LogP contribution in [0.2, 0.25) is 0 Å². The van der Waals surface area contributed by atoms with Gasteiger partial charge in [0.25, 0.3) is 0 Å². The van der Waals surface area contributed by atoms with E-state index < -0.39 is 0 Å². The first kappa shape index (κ1) is 6.05. The normalized spacial score (nSPS) is 23.6. The molecule has 1 aliphatic rings. The maximum absolute atomic E-state index is 3.81. The van der Waals surface area contributed by atoms with Gasteiger partial charge in [0.1, 0.15) is 0 Å². The summed E-state index contributed by atoms with van der Waals surface area (Å²) in [6.45, 7) is 9.38. The summed E-state index contributed by atoms with van der Waals surface area (Å²) in [6, 6.07) is 0. The first-order chi connectivity index (χ1) is 3.93. The molecule has 0 saturated carbocycles. The van der Waals surface area contributed by atoms with Gasteiger partial charge in [-0.05, 0) is 13.5 Å². The molecule has 0 atom stereocenters. The maximum Gasteiger partial charge on any atom is 0.0107 e. The Morgan fingerprint density at radius 1 is 1.38 bits per heavy atom. The summed E-state index contributed by atoms with van der Waals surface area (Å²) in [5, 5.41) is 3.28. The van der Waals surface area contributed by atoms with Crippen molar-refractivity contribution in [1.29, 1.82) is 0 Å². The highest BCUT2D eigenvalue weighted by Crippen LogP contribution is 1.88. The number of nitrogens with zero attached hydrogens (tertiary/aromatic N) is 1. The van der Waals surface area contributed by atoms with Crippen LogP contribution in [0.3, 0.4) is 0 Å². The predicted octanol–water partition coefficient (Wildman–Crippen LogP) is -0.274. The van der Waals surface area contributed by atoms with Crippen LogP contribution in [0.15, 0.2) is 0 Å². The van der Waals surface area contributed by atoms with Crippen molar-refractivity contribution in [3.05, 3.63) is 6.92 Å². The Hall–Kier alpha value is -0.0800. The molecular formula is C6H13N2. The van der Waals surface area contributed by atoms with Crippen LogP contribution < -0.4 is 5.32 Å². The molecule has 2 heteroatoms. The third kappa shape index (κ3) is 1.46. The molecule has 1 rings (SSSR count). The third-order valence-electron chi connectivity index (χ3n) is 1.53. The Bertz CT molecular complexity index is 57.5. The minimum absolute atomic E-state index is 0.960. The molecule has 0 amide bonds. The van der Waals surface area contributed by atoms with Crippen LogP contribution in [-0.4, -0.2) is 37.6 Å². The monoisotopic (exact) mass is 113 g/mol. The fourth-order valence-electron chi connectivity index (χ4n) is 0.935. The van der Waals surface area contributed by atoms with E-state index in [1.54, 1.807) is 0 Å². The van der Waals surface area contributed by atoms with E-state index in [9.17, 15) is 0 Å². The zero-order valence-corrected chi connectivity index (χ0v) is 5.19. The minimum Gasteiger partial charge on any atom is -0.314 e. The van der Waals surface area contributed by atoms with E-state index >= 15 is 0 Å². The second kappa shape index (κ2) is 3.05. The van der Waals surface area contributed by atoms with Gasteiger partial charge in [-0.2, -0.15) is 0 Å². The molecule has 0 aromatic carbocycles. The van der Waals surface area contributed by atoms with Crippen LogP contribution in [0.5, 0.6) is 0 Å². The first-order valence-corrected chi connectivity index (χ1v) is 3.16. The lowest BCUT2D eigenvalue weighted by Gasteiger charge is -2.25. The number of piperazine rings is 1. The summed E-state index contributed by atoms with van der Waals surface area (Å²) in [5.74, 6) is 0. The quantitative estimate of drug-likeness (QED) is 0.503. The van der Waals surface area contributed by atoms with Gasteiger partial charge < -0.3 is 10.2 Å². The Labute approximate surface area is 50.9 Å². The molecule has 2 nitrogen and oxygen atoms in total. The molecule has 1 radical (unpaired) electrons. The maximum atomic E-state index is 3.81. The van der Waals surface area contributed by atoms with Crippen molar-refractivity contribution < 1.29 is 0 Å². The molecule has 1 aliphatic heterocycles. The minimum atomic E-state index is 0.960. The van der Waals surface area contributed by atoms with Gasteiger partial charge in [0.05, 0.1) is 0 Å². The topological polar surface area (TPSA) is 15.3 Å².